The Bertz CT molecular complexity index is 425. The molecule has 0 spiro atoms. The Labute approximate surface area is 163 Å². The molecule has 0 aromatic carbocycles. The van der Waals surface area contributed by atoms with Crippen molar-refractivity contribution in [3.63, 3.8) is 0 Å². The van der Waals surface area contributed by atoms with E-state index in [1.54, 1.807) is 7.11 Å². The van der Waals surface area contributed by atoms with Gasteiger partial charge in [-0.15, -0.1) is 11.8 Å². The largest absolute Gasteiger partial charge is 0.379 e. The zero-order chi connectivity index (χ0) is 20.8. The number of carbonyl (C=O) groups excluding carboxylic acids is 1. The van der Waals surface area contributed by atoms with Crippen molar-refractivity contribution in [1.82, 2.24) is 10.2 Å². The highest BCUT2D eigenvalue weighted by atomic mass is 16.5. The van der Waals surface area contributed by atoms with Gasteiger partial charge in [-0.3, -0.25) is 4.79 Å². The molecule has 1 heterocycles. The fourth-order valence-corrected chi connectivity index (χ4v) is 3.10. The van der Waals surface area contributed by atoms with E-state index in [0.29, 0.717) is 12.5 Å². The molecular formula is C22H44N2O2. The van der Waals surface area contributed by atoms with Crippen LogP contribution in [0.4, 0.5) is 0 Å². The van der Waals surface area contributed by atoms with Crippen molar-refractivity contribution in [2.24, 2.45) is 5.92 Å². The molecule has 1 fully saturated rings. The lowest BCUT2D eigenvalue weighted by molar-refractivity contribution is -0.131. The molecule has 4 heteroatoms. The summed E-state index contributed by atoms with van der Waals surface area (Å²) >= 11 is 0. The van der Waals surface area contributed by atoms with Gasteiger partial charge in [-0.25, -0.2) is 0 Å². The SMILES string of the molecule is CC.CC.CC#CC1CCN(C(=O)CNC(C)(C)CC(C)(C)OC)CC1. The summed E-state index contributed by atoms with van der Waals surface area (Å²) in [5.41, 5.74) is -0.335. The molecule has 1 amide bonds. The maximum Gasteiger partial charge on any atom is 0.236 e. The number of ether oxygens (including phenoxy) is 1. The Morgan fingerprint density at radius 1 is 1.12 bits per heavy atom. The average Bonchev–Trinajstić information content (AvgIpc) is 2.63. The van der Waals surface area contributed by atoms with E-state index in [0.717, 1.165) is 32.4 Å². The van der Waals surface area contributed by atoms with E-state index in [1.165, 1.54) is 0 Å². The minimum Gasteiger partial charge on any atom is -0.379 e. The fraction of sp³-hybridized carbons (Fsp3) is 0.864. The van der Waals surface area contributed by atoms with E-state index >= 15 is 0 Å². The quantitative estimate of drug-likeness (QED) is 0.703. The fourth-order valence-electron chi connectivity index (χ4n) is 3.10. The number of hydrogen-bond donors (Lipinski definition) is 1. The van der Waals surface area contributed by atoms with Gasteiger partial charge in [0.15, 0.2) is 0 Å². The first-order valence-corrected chi connectivity index (χ1v) is 10.2. The first-order valence-electron chi connectivity index (χ1n) is 10.2. The monoisotopic (exact) mass is 368 g/mol. The van der Waals surface area contributed by atoms with Gasteiger partial charge < -0.3 is 15.0 Å². The van der Waals surface area contributed by atoms with Crippen LogP contribution in [0.25, 0.3) is 0 Å². The van der Waals surface area contributed by atoms with Crippen LogP contribution in [-0.2, 0) is 9.53 Å². The predicted octanol–water partition coefficient (Wildman–Crippen LogP) is 4.48. The van der Waals surface area contributed by atoms with Crippen LogP contribution in [-0.4, -0.2) is 48.7 Å². The third kappa shape index (κ3) is 11.5. The van der Waals surface area contributed by atoms with E-state index in [2.05, 4.69) is 44.9 Å². The summed E-state index contributed by atoms with van der Waals surface area (Å²) in [6, 6.07) is 0. The maximum atomic E-state index is 12.3. The van der Waals surface area contributed by atoms with Crippen LogP contribution in [0.1, 0.15) is 81.6 Å². The Balaban J connectivity index is 0. The van der Waals surface area contributed by atoms with Crippen LogP contribution in [0.15, 0.2) is 0 Å². The molecule has 1 N–H and O–H groups in total. The van der Waals surface area contributed by atoms with E-state index < -0.39 is 0 Å². The zero-order valence-electron chi connectivity index (χ0n) is 19.1. The first-order chi connectivity index (χ1) is 12.2. The predicted molar refractivity (Wildman–Crippen MR) is 113 cm³/mol. The van der Waals surface area contributed by atoms with Crippen molar-refractivity contribution >= 4 is 5.91 Å². The minimum absolute atomic E-state index is 0.138. The number of carbonyl (C=O) groups is 1. The van der Waals surface area contributed by atoms with Gasteiger partial charge in [0.1, 0.15) is 0 Å². The Morgan fingerprint density at radius 2 is 1.62 bits per heavy atom. The van der Waals surface area contributed by atoms with Crippen molar-refractivity contribution in [3.05, 3.63) is 0 Å². The van der Waals surface area contributed by atoms with Crippen molar-refractivity contribution < 1.29 is 9.53 Å². The van der Waals surface area contributed by atoms with Crippen molar-refractivity contribution in [2.75, 3.05) is 26.7 Å². The number of methoxy groups -OCH3 is 1. The second kappa shape index (κ2) is 14.1. The summed E-state index contributed by atoms with van der Waals surface area (Å²) < 4.78 is 5.48. The lowest BCUT2D eigenvalue weighted by atomic mass is 9.89. The third-order valence-electron chi connectivity index (χ3n) is 4.33. The highest BCUT2D eigenvalue weighted by molar-refractivity contribution is 5.78. The van der Waals surface area contributed by atoms with Gasteiger partial charge in [0.2, 0.25) is 5.91 Å². The van der Waals surface area contributed by atoms with Crippen LogP contribution in [0.5, 0.6) is 0 Å². The number of hydrogen-bond acceptors (Lipinski definition) is 3. The molecule has 1 saturated heterocycles. The standard InChI is InChI=1S/C18H32N2O2.2C2H6/c1-7-8-15-9-11-20(12-10-15)16(21)13-19-17(2,3)14-18(4,5)22-6;2*1-2/h15,19H,9-14H2,1-6H3;2*1-2H3. The Hall–Kier alpha value is -1.05. The second-order valence-corrected chi connectivity index (χ2v) is 7.43. The van der Waals surface area contributed by atoms with Gasteiger partial charge in [-0.2, -0.15) is 0 Å². The summed E-state index contributed by atoms with van der Waals surface area (Å²) in [5.74, 6) is 6.84. The van der Waals surface area contributed by atoms with E-state index in [4.69, 9.17) is 4.74 Å². The minimum atomic E-state index is -0.198. The molecule has 0 atom stereocenters. The summed E-state index contributed by atoms with van der Waals surface area (Å²) in [6.07, 6.45) is 2.83. The van der Waals surface area contributed by atoms with Crippen molar-refractivity contribution in [1.29, 1.82) is 0 Å². The molecule has 0 aromatic heterocycles. The molecule has 1 aliphatic rings. The molecule has 1 rings (SSSR count). The van der Waals surface area contributed by atoms with Gasteiger partial charge in [-0.1, -0.05) is 27.7 Å². The Morgan fingerprint density at radius 3 is 2.04 bits per heavy atom. The summed E-state index contributed by atoms with van der Waals surface area (Å²) in [4.78, 5) is 14.3. The summed E-state index contributed by atoms with van der Waals surface area (Å²) in [5, 5.41) is 3.38. The van der Waals surface area contributed by atoms with Gasteiger partial charge in [0, 0.05) is 31.7 Å². The van der Waals surface area contributed by atoms with Gasteiger partial charge >= 0.3 is 0 Å². The molecule has 0 aromatic rings. The van der Waals surface area contributed by atoms with Crippen LogP contribution in [0, 0.1) is 17.8 Å². The number of amides is 1. The molecule has 154 valence electrons. The first kappa shape index (κ1) is 27.2. The van der Waals surface area contributed by atoms with Gasteiger partial charge in [0.25, 0.3) is 0 Å². The number of rotatable bonds is 6. The lowest BCUT2D eigenvalue weighted by Gasteiger charge is -2.36. The maximum absolute atomic E-state index is 12.3. The zero-order valence-corrected chi connectivity index (χ0v) is 19.1. The van der Waals surface area contributed by atoms with Crippen LogP contribution in [0.3, 0.4) is 0 Å². The normalized spacial score (nSPS) is 14.9. The number of nitrogens with zero attached hydrogens (tertiary/aromatic N) is 1. The van der Waals surface area contributed by atoms with E-state index in [9.17, 15) is 4.79 Å². The molecule has 26 heavy (non-hydrogen) atoms. The highest BCUT2D eigenvalue weighted by Gasteiger charge is 2.29. The smallest absolute Gasteiger partial charge is 0.236 e. The number of piperidine rings is 1. The molecule has 0 saturated carbocycles. The molecule has 0 radical (unpaired) electrons. The summed E-state index contributed by atoms with van der Waals surface area (Å²) in [7, 11) is 1.73. The third-order valence-corrected chi connectivity index (χ3v) is 4.33. The average molecular weight is 369 g/mol. The lowest BCUT2D eigenvalue weighted by Crippen LogP contribution is -2.50. The molecule has 0 bridgehead atoms. The molecule has 1 aliphatic heterocycles. The molecular weight excluding hydrogens is 324 g/mol. The molecule has 4 nitrogen and oxygen atoms in total. The highest BCUT2D eigenvalue weighted by Crippen LogP contribution is 2.22. The van der Waals surface area contributed by atoms with Crippen LogP contribution < -0.4 is 5.32 Å². The van der Waals surface area contributed by atoms with Gasteiger partial charge in [-0.05, 0) is 53.9 Å². The number of nitrogens with one attached hydrogen (secondary N) is 1. The van der Waals surface area contributed by atoms with E-state index in [1.807, 2.05) is 39.5 Å². The Kier molecular flexibility index (Phi) is 14.7. The van der Waals surface area contributed by atoms with Gasteiger partial charge in [0.05, 0.1) is 12.1 Å². The number of likely N-dealkylation sites (tertiary alicyclic amines) is 1. The van der Waals surface area contributed by atoms with Crippen molar-refractivity contribution in [2.45, 2.75) is 92.7 Å². The van der Waals surface area contributed by atoms with Crippen LogP contribution in [0.2, 0.25) is 0 Å². The topological polar surface area (TPSA) is 41.6 Å². The summed E-state index contributed by atoms with van der Waals surface area (Å²) in [6.45, 7) is 20.3. The molecule has 0 aliphatic carbocycles. The van der Waals surface area contributed by atoms with Crippen LogP contribution >= 0.6 is 0 Å². The second-order valence-electron chi connectivity index (χ2n) is 7.43. The molecule has 0 unspecified atom stereocenters. The van der Waals surface area contributed by atoms with E-state index in [-0.39, 0.29) is 17.0 Å². The van der Waals surface area contributed by atoms with Crippen molar-refractivity contribution in [3.8, 4) is 11.8 Å².